The predicted octanol–water partition coefficient (Wildman–Crippen LogP) is 11.9. The third-order valence-corrected chi connectivity index (χ3v) is 10.5. The molecule has 7 aromatic carbocycles. The molecular weight excluding hydrogens is 631 g/mol. The monoisotopic (exact) mass is 658 g/mol. The number of fused-ring (bicyclic) bond motifs is 7. The van der Waals surface area contributed by atoms with Crippen LogP contribution in [0.15, 0.2) is 170 Å². The average Bonchev–Trinajstić information content (AvgIpc) is 3.47. The number of rotatable bonds is 4. The highest BCUT2D eigenvalue weighted by atomic mass is 19.1. The van der Waals surface area contributed by atoms with Crippen LogP contribution < -0.4 is 0 Å². The molecule has 0 N–H and O–H groups in total. The number of hydrogen-bond acceptors (Lipinski definition) is 2. The van der Waals surface area contributed by atoms with Gasteiger partial charge >= 0.3 is 0 Å². The van der Waals surface area contributed by atoms with Crippen molar-refractivity contribution in [2.75, 3.05) is 0 Å². The van der Waals surface area contributed by atoms with Crippen LogP contribution in [0.1, 0.15) is 22.3 Å². The van der Waals surface area contributed by atoms with Crippen molar-refractivity contribution in [2.45, 2.75) is 5.41 Å². The van der Waals surface area contributed by atoms with Crippen LogP contribution >= 0.6 is 0 Å². The fourth-order valence-corrected chi connectivity index (χ4v) is 8.31. The van der Waals surface area contributed by atoms with Crippen molar-refractivity contribution in [1.29, 1.82) is 0 Å². The van der Waals surface area contributed by atoms with Crippen LogP contribution in [0.5, 0.6) is 0 Å². The Morgan fingerprint density at radius 1 is 0.412 bits per heavy atom. The number of aromatic nitrogens is 2. The van der Waals surface area contributed by atoms with Crippen LogP contribution in [0, 0.1) is 11.9 Å². The van der Waals surface area contributed by atoms with E-state index in [1.165, 1.54) is 12.1 Å². The number of hydrogen-bond donors (Lipinski definition) is 0. The lowest BCUT2D eigenvalue weighted by Crippen LogP contribution is -2.28. The Morgan fingerprint density at radius 2 is 0.980 bits per heavy atom. The summed E-state index contributed by atoms with van der Waals surface area (Å²) in [4.78, 5) is 8.63. The molecule has 2 heterocycles. The van der Waals surface area contributed by atoms with Crippen molar-refractivity contribution in [2.24, 2.45) is 0 Å². The van der Waals surface area contributed by atoms with Crippen LogP contribution in [0.4, 0.5) is 8.78 Å². The molecule has 1 aliphatic rings. The topological polar surface area (TPSA) is 25.8 Å². The fraction of sp³-hybridized carbons (Fsp3) is 0.0213. The molecule has 0 bridgehead atoms. The van der Waals surface area contributed by atoms with E-state index in [1.54, 1.807) is 0 Å². The van der Waals surface area contributed by atoms with Gasteiger partial charge in [0.1, 0.15) is 0 Å². The SMILES string of the molecule is Fc1ccc(-c2ccc3c(c2)C(c2ccccc2)(c2ccccc2)c2cc(-c4cc5cc6ccccc6nc5c5ccccc45)ccc2-3)c(F)n1. The summed E-state index contributed by atoms with van der Waals surface area (Å²) in [6, 6.07) is 57.8. The maximum absolute atomic E-state index is 15.2. The van der Waals surface area contributed by atoms with Gasteiger partial charge in [-0.2, -0.15) is 13.8 Å². The summed E-state index contributed by atoms with van der Waals surface area (Å²) >= 11 is 0. The van der Waals surface area contributed by atoms with Gasteiger partial charge in [0.05, 0.1) is 16.4 Å². The van der Waals surface area contributed by atoms with Gasteiger partial charge in [-0.05, 0) is 97.9 Å². The lowest BCUT2D eigenvalue weighted by molar-refractivity contribution is 0.515. The molecule has 2 nitrogen and oxygen atoms in total. The highest BCUT2D eigenvalue weighted by molar-refractivity contribution is 6.14. The standard InChI is InChI=1S/C47H28F2N2/c48-44-24-23-35(46(49)51-44)29-19-21-37-38-22-20-30(28-42(38)47(41(37)27-29,33-12-3-1-4-13-33)34-14-5-2-6-15-34)40-26-32-25-31-11-7-10-18-43(31)50-45(32)39-17-9-8-16-36(39)40/h1-28H. The summed E-state index contributed by atoms with van der Waals surface area (Å²) in [6.45, 7) is 0. The molecule has 4 heteroatoms. The van der Waals surface area contributed by atoms with E-state index in [1.807, 2.05) is 24.3 Å². The van der Waals surface area contributed by atoms with E-state index >= 15 is 4.39 Å². The number of pyridine rings is 2. The molecular formula is C47H28F2N2. The predicted molar refractivity (Wildman–Crippen MR) is 203 cm³/mol. The molecule has 240 valence electrons. The second kappa shape index (κ2) is 11.3. The largest absolute Gasteiger partial charge is 0.247 e. The van der Waals surface area contributed by atoms with Crippen molar-refractivity contribution in [3.05, 3.63) is 204 Å². The van der Waals surface area contributed by atoms with Crippen molar-refractivity contribution in [1.82, 2.24) is 9.97 Å². The van der Waals surface area contributed by atoms with Crippen LogP contribution in [-0.2, 0) is 5.41 Å². The number of halogens is 2. The minimum Gasteiger partial charge on any atom is -0.247 e. The van der Waals surface area contributed by atoms with Crippen molar-refractivity contribution < 1.29 is 8.78 Å². The lowest BCUT2D eigenvalue weighted by atomic mass is 9.67. The van der Waals surface area contributed by atoms with Gasteiger partial charge < -0.3 is 0 Å². The average molecular weight is 659 g/mol. The Labute approximate surface area is 293 Å². The van der Waals surface area contributed by atoms with Gasteiger partial charge in [0.25, 0.3) is 0 Å². The first-order valence-corrected chi connectivity index (χ1v) is 17.0. The molecule has 0 fully saturated rings. The number of para-hydroxylation sites is 1. The molecule has 51 heavy (non-hydrogen) atoms. The smallest absolute Gasteiger partial charge is 0.223 e. The maximum Gasteiger partial charge on any atom is 0.223 e. The van der Waals surface area contributed by atoms with Gasteiger partial charge in [0, 0.05) is 21.7 Å². The maximum atomic E-state index is 15.2. The minimum absolute atomic E-state index is 0.259. The molecule has 10 rings (SSSR count). The third kappa shape index (κ3) is 4.39. The highest BCUT2D eigenvalue weighted by Crippen LogP contribution is 2.57. The van der Waals surface area contributed by atoms with Crippen LogP contribution in [-0.4, -0.2) is 9.97 Å². The molecule has 2 aromatic heterocycles. The Kier molecular flexibility index (Phi) is 6.49. The first-order valence-electron chi connectivity index (χ1n) is 17.0. The summed E-state index contributed by atoms with van der Waals surface area (Å²) in [7, 11) is 0. The minimum atomic E-state index is -0.842. The van der Waals surface area contributed by atoms with E-state index in [0.29, 0.717) is 5.56 Å². The molecule has 0 spiro atoms. The van der Waals surface area contributed by atoms with Gasteiger partial charge in [0.2, 0.25) is 11.9 Å². The van der Waals surface area contributed by atoms with Crippen molar-refractivity contribution >= 4 is 32.6 Å². The summed E-state index contributed by atoms with van der Waals surface area (Å²) in [5, 5.41) is 4.43. The quantitative estimate of drug-likeness (QED) is 0.107. The van der Waals surface area contributed by atoms with E-state index in [4.69, 9.17) is 4.98 Å². The van der Waals surface area contributed by atoms with Gasteiger partial charge in [0.15, 0.2) is 0 Å². The third-order valence-electron chi connectivity index (χ3n) is 10.5. The number of nitrogens with zero attached hydrogens (tertiary/aromatic N) is 2. The van der Waals surface area contributed by atoms with E-state index in [9.17, 15) is 4.39 Å². The number of benzene rings is 7. The first-order chi connectivity index (χ1) is 25.1. The molecule has 0 amide bonds. The van der Waals surface area contributed by atoms with E-state index in [2.05, 4.69) is 138 Å². The van der Waals surface area contributed by atoms with Gasteiger partial charge in [-0.15, -0.1) is 0 Å². The first kappa shape index (κ1) is 29.4. The molecule has 0 radical (unpaired) electrons. The van der Waals surface area contributed by atoms with E-state index in [-0.39, 0.29) is 5.56 Å². The molecule has 0 saturated heterocycles. The van der Waals surface area contributed by atoms with Crippen LogP contribution in [0.2, 0.25) is 0 Å². The summed E-state index contributed by atoms with van der Waals surface area (Å²) in [5.41, 5.74) is 10.9. The molecule has 0 unspecified atom stereocenters. The van der Waals surface area contributed by atoms with E-state index in [0.717, 1.165) is 77.1 Å². The fourth-order valence-electron chi connectivity index (χ4n) is 8.31. The highest BCUT2D eigenvalue weighted by Gasteiger charge is 2.46. The normalized spacial score (nSPS) is 13.1. The zero-order valence-corrected chi connectivity index (χ0v) is 27.3. The molecule has 1 aliphatic carbocycles. The Hall–Kier alpha value is -6.52. The summed E-state index contributed by atoms with van der Waals surface area (Å²) in [5.74, 6) is -1.67. The second-order valence-electron chi connectivity index (χ2n) is 13.2. The summed E-state index contributed by atoms with van der Waals surface area (Å²) in [6.07, 6.45) is 0. The lowest BCUT2D eigenvalue weighted by Gasteiger charge is -2.34. The van der Waals surface area contributed by atoms with Crippen molar-refractivity contribution in [3.63, 3.8) is 0 Å². The molecule has 0 saturated carbocycles. The van der Waals surface area contributed by atoms with Crippen molar-refractivity contribution in [3.8, 4) is 33.4 Å². The molecule has 0 atom stereocenters. The summed E-state index contributed by atoms with van der Waals surface area (Å²) < 4.78 is 29.1. The zero-order valence-electron chi connectivity index (χ0n) is 27.3. The van der Waals surface area contributed by atoms with Gasteiger partial charge in [-0.25, -0.2) is 4.98 Å². The zero-order chi connectivity index (χ0) is 34.1. The second-order valence-corrected chi connectivity index (χ2v) is 13.2. The Morgan fingerprint density at radius 3 is 1.65 bits per heavy atom. The molecule has 9 aromatic rings. The Bertz CT molecular complexity index is 2790. The van der Waals surface area contributed by atoms with E-state index < -0.39 is 17.3 Å². The molecule has 0 aliphatic heterocycles. The Balaban J connectivity index is 1.28. The van der Waals surface area contributed by atoms with Gasteiger partial charge in [-0.1, -0.05) is 127 Å². The van der Waals surface area contributed by atoms with Gasteiger partial charge in [-0.3, -0.25) is 0 Å². The van der Waals surface area contributed by atoms with Crippen LogP contribution in [0.3, 0.4) is 0 Å². The van der Waals surface area contributed by atoms with Crippen LogP contribution in [0.25, 0.3) is 66.0 Å².